The first-order valence-electron chi connectivity index (χ1n) is 8.21. The molecule has 0 bridgehead atoms. The van der Waals surface area contributed by atoms with Gasteiger partial charge < -0.3 is 20.8 Å². The Balaban J connectivity index is 1.80. The van der Waals surface area contributed by atoms with Crippen molar-refractivity contribution in [1.29, 1.82) is 0 Å². The van der Waals surface area contributed by atoms with E-state index in [9.17, 15) is 9.90 Å². The zero-order valence-electron chi connectivity index (χ0n) is 13.9. The normalized spacial score (nSPS) is 13.2. The van der Waals surface area contributed by atoms with Gasteiger partial charge in [-0.3, -0.25) is 0 Å². The fraction of sp³-hybridized carbons (Fsp3) is 0.316. The molecule has 0 heterocycles. The molecule has 0 aliphatic rings. The molecule has 2 rings (SSSR count). The van der Waals surface area contributed by atoms with Gasteiger partial charge in [0.25, 0.3) is 0 Å². The van der Waals surface area contributed by atoms with Crippen molar-refractivity contribution >= 4 is 22.0 Å². The number of carbonyl (C=O) groups is 1. The van der Waals surface area contributed by atoms with Gasteiger partial charge in [-0.05, 0) is 42.6 Å². The first kappa shape index (κ1) is 19.4. The largest absolute Gasteiger partial charge is 0.465 e. The Bertz CT molecular complexity index is 649. The Morgan fingerprint density at radius 2 is 1.72 bits per heavy atom. The molecule has 0 aliphatic carbocycles. The average molecular weight is 407 g/mol. The number of halogens is 1. The lowest BCUT2D eigenvalue weighted by atomic mass is 10.0. The van der Waals surface area contributed by atoms with Crippen LogP contribution in [0.2, 0.25) is 0 Å². The molecule has 6 heteroatoms. The van der Waals surface area contributed by atoms with Crippen molar-refractivity contribution < 1.29 is 15.0 Å². The van der Waals surface area contributed by atoms with Gasteiger partial charge in [0.2, 0.25) is 0 Å². The second-order valence-electron chi connectivity index (χ2n) is 5.89. The zero-order valence-corrected chi connectivity index (χ0v) is 15.4. The quantitative estimate of drug-likeness (QED) is 0.482. The maximum Gasteiger partial charge on any atom is 0.404 e. The number of hydrogen-bond donors (Lipinski definition) is 4. The van der Waals surface area contributed by atoms with Gasteiger partial charge in [-0.1, -0.05) is 58.4 Å². The van der Waals surface area contributed by atoms with Crippen LogP contribution in [-0.4, -0.2) is 41.5 Å². The number of carboxylic acid groups (broad SMARTS) is 1. The maximum atomic E-state index is 11.0. The molecule has 0 spiro atoms. The highest BCUT2D eigenvalue weighted by Crippen LogP contribution is 2.10. The molecular formula is C19H23BrN2O3. The van der Waals surface area contributed by atoms with Crippen molar-refractivity contribution in [3.05, 3.63) is 70.2 Å². The molecule has 25 heavy (non-hydrogen) atoms. The summed E-state index contributed by atoms with van der Waals surface area (Å²) < 4.78 is 1.04. The van der Waals surface area contributed by atoms with E-state index >= 15 is 0 Å². The van der Waals surface area contributed by atoms with E-state index in [1.807, 2.05) is 54.6 Å². The van der Waals surface area contributed by atoms with Crippen molar-refractivity contribution in [3.63, 3.8) is 0 Å². The summed E-state index contributed by atoms with van der Waals surface area (Å²) in [5.41, 5.74) is 2.19. The predicted octanol–water partition coefficient (Wildman–Crippen LogP) is 2.82. The molecule has 0 aromatic heterocycles. The number of aliphatic hydroxyl groups excluding tert-OH is 1. The Morgan fingerprint density at radius 3 is 2.36 bits per heavy atom. The lowest BCUT2D eigenvalue weighted by molar-refractivity contribution is 0.118. The summed E-state index contributed by atoms with van der Waals surface area (Å²) in [6, 6.07) is 17.1. The number of benzene rings is 2. The summed E-state index contributed by atoms with van der Waals surface area (Å²) in [4.78, 5) is 11.0. The van der Waals surface area contributed by atoms with Crippen LogP contribution in [0.15, 0.2) is 59.1 Å². The summed E-state index contributed by atoms with van der Waals surface area (Å²) in [7, 11) is 0. The first-order valence-corrected chi connectivity index (χ1v) is 9.00. The van der Waals surface area contributed by atoms with Crippen LogP contribution >= 0.6 is 15.9 Å². The van der Waals surface area contributed by atoms with Crippen LogP contribution in [-0.2, 0) is 12.8 Å². The van der Waals surface area contributed by atoms with Gasteiger partial charge in [0.1, 0.15) is 0 Å². The molecule has 2 aromatic rings. The van der Waals surface area contributed by atoms with Crippen LogP contribution in [0.25, 0.3) is 0 Å². The monoisotopic (exact) mass is 406 g/mol. The van der Waals surface area contributed by atoms with Gasteiger partial charge in [0, 0.05) is 11.0 Å². The Hall–Kier alpha value is -1.89. The Labute approximate surface area is 156 Å². The van der Waals surface area contributed by atoms with Crippen molar-refractivity contribution in [2.45, 2.75) is 25.0 Å². The van der Waals surface area contributed by atoms with E-state index in [-0.39, 0.29) is 0 Å². The third-order valence-corrected chi connectivity index (χ3v) is 4.46. The van der Waals surface area contributed by atoms with Gasteiger partial charge in [-0.15, -0.1) is 0 Å². The van der Waals surface area contributed by atoms with Crippen LogP contribution in [0.1, 0.15) is 11.1 Å². The van der Waals surface area contributed by atoms with Crippen molar-refractivity contribution in [2.75, 3.05) is 13.1 Å². The highest BCUT2D eigenvalue weighted by atomic mass is 79.9. The second kappa shape index (κ2) is 10.2. The fourth-order valence-electron chi connectivity index (χ4n) is 2.59. The van der Waals surface area contributed by atoms with E-state index in [4.69, 9.17) is 5.11 Å². The van der Waals surface area contributed by atoms with Crippen LogP contribution in [0.3, 0.4) is 0 Å². The molecule has 0 fully saturated rings. The molecule has 0 saturated carbocycles. The van der Waals surface area contributed by atoms with E-state index in [1.165, 1.54) is 5.56 Å². The number of nitrogens with one attached hydrogen (secondary N) is 2. The topological polar surface area (TPSA) is 81.6 Å². The summed E-state index contributed by atoms with van der Waals surface area (Å²) in [6.07, 6.45) is -0.644. The lowest BCUT2D eigenvalue weighted by Crippen LogP contribution is -2.48. The molecule has 0 unspecified atom stereocenters. The summed E-state index contributed by atoms with van der Waals surface area (Å²) in [5.74, 6) is 0. The summed E-state index contributed by atoms with van der Waals surface area (Å²) in [6.45, 7) is 1.04. The first-order chi connectivity index (χ1) is 12.0. The van der Waals surface area contributed by atoms with Gasteiger partial charge >= 0.3 is 6.09 Å². The highest BCUT2D eigenvalue weighted by Gasteiger charge is 2.21. The molecule has 134 valence electrons. The molecule has 2 atom stereocenters. The molecule has 1 amide bonds. The average Bonchev–Trinajstić information content (AvgIpc) is 2.60. The lowest BCUT2D eigenvalue weighted by Gasteiger charge is -2.23. The summed E-state index contributed by atoms with van der Waals surface area (Å²) in [5, 5.41) is 25.0. The van der Waals surface area contributed by atoms with Crippen LogP contribution in [0, 0.1) is 0 Å². The van der Waals surface area contributed by atoms with E-state index in [1.54, 1.807) is 0 Å². The smallest absolute Gasteiger partial charge is 0.404 e. The van der Waals surface area contributed by atoms with E-state index in [0.717, 1.165) is 16.5 Å². The van der Waals surface area contributed by atoms with Gasteiger partial charge in [0.15, 0.2) is 0 Å². The third-order valence-electron chi connectivity index (χ3n) is 3.93. The molecule has 0 saturated heterocycles. The third kappa shape index (κ3) is 7.25. The zero-order chi connectivity index (χ0) is 18.1. The number of rotatable bonds is 9. The number of amides is 1. The van der Waals surface area contributed by atoms with Crippen LogP contribution < -0.4 is 10.6 Å². The van der Waals surface area contributed by atoms with E-state index in [0.29, 0.717) is 19.5 Å². The molecular weight excluding hydrogens is 384 g/mol. The van der Waals surface area contributed by atoms with Gasteiger partial charge in [-0.25, -0.2) is 4.79 Å². The minimum atomic E-state index is -1.13. The number of hydrogen-bond acceptors (Lipinski definition) is 3. The molecule has 0 radical (unpaired) electrons. The van der Waals surface area contributed by atoms with Gasteiger partial charge in [-0.2, -0.15) is 0 Å². The minimum absolute atomic E-state index is 0.328. The van der Waals surface area contributed by atoms with E-state index < -0.39 is 18.2 Å². The highest BCUT2D eigenvalue weighted by molar-refractivity contribution is 9.10. The summed E-state index contributed by atoms with van der Waals surface area (Å²) >= 11 is 3.41. The standard InChI is InChI=1S/C19H23BrN2O3/c20-16-8-6-14(7-9-16)10-11-21-13-18(23)17(22-19(24)25)12-15-4-2-1-3-5-15/h1-9,17-18,21-23H,10-13H2,(H,24,25)/t17-,18+/m0/s1. The molecule has 2 aromatic carbocycles. The fourth-order valence-corrected chi connectivity index (χ4v) is 2.85. The Kier molecular flexibility index (Phi) is 7.91. The van der Waals surface area contributed by atoms with Crippen LogP contribution in [0.5, 0.6) is 0 Å². The Morgan fingerprint density at radius 1 is 1.04 bits per heavy atom. The second-order valence-corrected chi connectivity index (χ2v) is 6.81. The van der Waals surface area contributed by atoms with Crippen molar-refractivity contribution in [3.8, 4) is 0 Å². The molecule has 4 N–H and O–H groups in total. The molecule has 0 aliphatic heterocycles. The minimum Gasteiger partial charge on any atom is -0.465 e. The van der Waals surface area contributed by atoms with Crippen molar-refractivity contribution in [1.82, 2.24) is 10.6 Å². The van der Waals surface area contributed by atoms with Crippen LogP contribution in [0.4, 0.5) is 4.79 Å². The van der Waals surface area contributed by atoms with E-state index in [2.05, 4.69) is 26.6 Å². The SMILES string of the molecule is O=C(O)N[C@@H](Cc1ccccc1)[C@H](O)CNCCc1ccc(Br)cc1. The molecule has 5 nitrogen and oxygen atoms in total. The maximum absolute atomic E-state index is 11.0. The predicted molar refractivity (Wildman–Crippen MR) is 102 cm³/mol. The van der Waals surface area contributed by atoms with Crippen molar-refractivity contribution in [2.24, 2.45) is 0 Å². The van der Waals surface area contributed by atoms with Gasteiger partial charge in [0.05, 0.1) is 12.1 Å². The number of aliphatic hydroxyl groups is 1.